The summed E-state index contributed by atoms with van der Waals surface area (Å²) < 4.78 is 5.14. The quantitative estimate of drug-likeness (QED) is 0.482. The van der Waals surface area contributed by atoms with Crippen molar-refractivity contribution in [2.24, 2.45) is 0 Å². The number of carbonyl (C=O) groups is 1. The van der Waals surface area contributed by atoms with Crippen LogP contribution in [0.15, 0.2) is 0 Å². The van der Waals surface area contributed by atoms with Crippen molar-refractivity contribution in [2.45, 2.75) is 43.2 Å². The van der Waals surface area contributed by atoms with Crippen molar-refractivity contribution in [2.75, 3.05) is 6.61 Å². The third-order valence-corrected chi connectivity index (χ3v) is 3.56. The molecule has 94 valence electrons. The zero-order valence-corrected chi connectivity index (χ0v) is 9.63. The summed E-state index contributed by atoms with van der Waals surface area (Å²) in [6.45, 7) is 1.18. The van der Waals surface area contributed by atoms with Crippen molar-refractivity contribution in [1.29, 1.82) is 0 Å². The summed E-state index contributed by atoms with van der Waals surface area (Å²) in [7, 11) is 0. The standard InChI is InChI=1S/C9H16O6S/c1-2-5(11)16-9-8(14)7(13)6(12)4(3-10)15-9/h4,6-10,12-14H,2-3H2,1H3/t4-,6-,7+,8+,9?/m1/s1. The van der Waals surface area contributed by atoms with Crippen molar-refractivity contribution >= 4 is 16.9 Å². The minimum absolute atomic E-state index is 0.190. The van der Waals surface area contributed by atoms with Crippen LogP contribution in [-0.4, -0.2) is 62.0 Å². The van der Waals surface area contributed by atoms with Gasteiger partial charge in [0.15, 0.2) is 5.12 Å². The lowest BCUT2D eigenvalue weighted by molar-refractivity contribution is -0.205. The van der Waals surface area contributed by atoms with E-state index >= 15 is 0 Å². The molecule has 0 bridgehead atoms. The van der Waals surface area contributed by atoms with E-state index in [0.29, 0.717) is 0 Å². The Bertz CT molecular complexity index is 246. The van der Waals surface area contributed by atoms with Crippen molar-refractivity contribution in [3.05, 3.63) is 0 Å². The van der Waals surface area contributed by atoms with Gasteiger partial charge < -0.3 is 25.2 Å². The first-order chi connectivity index (χ1) is 7.51. The number of rotatable bonds is 3. The Morgan fingerprint density at radius 3 is 2.38 bits per heavy atom. The molecule has 0 spiro atoms. The van der Waals surface area contributed by atoms with Gasteiger partial charge in [-0.15, -0.1) is 0 Å². The molecule has 1 saturated heterocycles. The van der Waals surface area contributed by atoms with E-state index in [1.807, 2.05) is 0 Å². The SMILES string of the molecule is CCC(=O)SC1O[C@H](CO)[C@@H](O)[C@H](O)[C@@H]1O. The van der Waals surface area contributed by atoms with Crippen LogP contribution < -0.4 is 0 Å². The molecule has 1 fully saturated rings. The second kappa shape index (κ2) is 5.95. The molecule has 6 nitrogen and oxygen atoms in total. The van der Waals surface area contributed by atoms with Gasteiger partial charge in [0.25, 0.3) is 0 Å². The molecule has 0 radical (unpaired) electrons. The Balaban J connectivity index is 2.67. The second-order valence-electron chi connectivity index (χ2n) is 3.54. The minimum Gasteiger partial charge on any atom is -0.394 e. The maximum atomic E-state index is 11.2. The fourth-order valence-electron chi connectivity index (χ4n) is 1.38. The maximum Gasteiger partial charge on any atom is 0.191 e. The first-order valence-corrected chi connectivity index (χ1v) is 5.89. The molecule has 1 aliphatic heterocycles. The molecule has 0 aliphatic carbocycles. The molecule has 0 aromatic rings. The highest BCUT2D eigenvalue weighted by Gasteiger charge is 2.44. The smallest absolute Gasteiger partial charge is 0.191 e. The summed E-state index contributed by atoms with van der Waals surface area (Å²) in [5.74, 6) is 0. The third kappa shape index (κ3) is 2.93. The van der Waals surface area contributed by atoms with Crippen LogP contribution in [0.5, 0.6) is 0 Å². The Morgan fingerprint density at radius 1 is 1.25 bits per heavy atom. The Kier molecular flexibility index (Phi) is 5.16. The number of ether oxygens (including phenoxy) is 1. The summed E-state index contributed by atoms with van der Waals surface area (Å²) in [5.41, 5.74) is -0.956. The molecule has 5 atom stereocenters. The van der Waals surface area contributed by atoms with Crippen molar-refractivity contribution < 1.29 is 30.0 Å². The van der Waals surface area contributed by atoms with Crippen LogP contribution >= 0.6 is 11.8 Å². The lowest BCUT2D eigenvalue weighted by Gasteiger charge is -2.39. The highest BCUT2D eigenvalue weighted by molar-refractivity contribution is 8.14. The molecule has 0 aromatic carbocycles. The van der Waals surface area contributed by atoms with Crippen LogP contribution in [0.1, 0.15) is 13.3 Å². The van der Waals surface area contributed by atoms with E-state index in [-0.39, 0.29) is 11.5 Å². The lowest BCUT2D eigenvalue weighted by Crippen LogP contribution is -2.57. The van der Waals surface area contributed by atoms with E-state index in [0.717, 1.165) is 11.8 Å². The topological polar surface area (TPSA) is 107 Å². The van der Waals surface area contributed by atoms with Crippen molar-refractivity contribution in [3.8, 4) is 0 Å². The van der Waals surface area contributed by atoms with E-state index in [1.165, 1.54) is 0 Å². The molecule has 0 saturated carbocycles. The van der Waals surface area contributed by atoms with Gasteiger partial charge in [-0.2, -0.15) is 0 Å². The number of aliphatic hydroxyl groups is 4. The average molecular weight is 252 g/mol. The molecule has 0 aromatic heterocycles. The van der Waals surface area contributed by atoms with E-state index in [4.69, 9.17) is 9.84 Å². The van der Waals surface area contributed by atoms with Crippen LogP contribution in [0, 0.1) is 0 Å². The molecule has 1 unspecified atom stereocenters. The van der Waals surface area contributed by atoms with Crippen LogP contribution in [0.25, 0.3) is 0 Å². The van der Waals surface area contributed by atoms with E-state index in [1.54, 1.807) is 6.92 Å². The number of thioether (sulfide) groups is 1. The molecule has 1 rings (SSSR count). The highest BCUT2D eigenvalue weighted by Crippen LogP contribution is 2.29. The fraction of sp³-hybridized carbons (Fsp3) is 0.889. The summed E-state index contributed by atoms with van der Waals surface area (Å²) in [5, 5.41) is 37.2. The number of aliphatic hydroxyl groups excluding tert-OH is 4. The van der Waals surface area contributed by atoms with Gasteiger partial charge in [-0.1, -0.05) is 18.7 Å². The molecule has 7 heteroatoms. The maximum absolute atomic E-state index is 11.2. The molecule has 0 amide bonds. The molecule has 4 N–H and O–H groups in total. The van der Waals surface area contributed by atoms with E-state index in [2.05, 4.69) is 0 Å². The molecular formula is C9H16O6S. The summed E-state index contributed by atoms with van der Waals surface area (Å²) in [4.78, 5) is 11.2. The van der Waals surface area contributed by atoms with Gasteiger partial charge in [0, 0.05) is 6.42 Å². The van der Waals surface area contributed by atoms with E-state index < -0.39 is 36.5 Å². The molecule has 16 heavy (non-hydrogen) atoms. The first-order valence-electron chi connectivity index (χ1n) is 5.01. The Morgan fingerprint density at radius 2 is 1.88 bits per heavy atom. The summed E-state index contributed by atoms with van der Waals surface area (Å²) in [6.07, 6.45) is -4.83. The highest BCUT2D eigenvalue weighted by atomic mass is 32.2. The lowest BCUT2D eigenvalue weighted by atomic mass is 10.0. The van der Waals surface area contributed by atoms with Gasteiger partial charge in [-0.05, 0) is 0 Å². The Labute approximate surface area is 97.2 Å². The van der Waals surface area contributed by atoms with Gasteiger partial charge in [-0.3, -0.25) is 4.79 Å². The van der Waals surface area contributed by atoms with Gasteiger partial charge >= 0.3 is 0 Å². The van der Waals surface area contributed by atoms with Crippen LogP contribution in [0.2, 0.25) is 0 Å². The zero-order chi connectivity index (χ0) is 12.3. The van der Waals surface area contributed by atoms with E-state index in [9.17, 15) is 20.1 Å². The van der Waals surface area contributed by atoms with Crippen LogP contribution in [0.3, 0.4) is 0 Å². The summed E-state index contributed by atoms with van der Waals surface area (Å²) in [6, 6.07) is 0. The normalized spacial score (nSPS) is 39.7. The monoisotopic (exact) mass is 252 g/mol. The predicted octanol–water partition coefficient (Wildman–Crippen LogP) is -1.54. The second-order valence-corrected chi connectivity index (χ2v) is 4.70. The first kappa shape index (κ1) is 13.9. The van der Waals surface area contributed by atoms with Crippen molar-refractivity contribution in [1.82, 2.24) is 0 Å². The molecule has 1 heterocycles. The number of hydrogen-bond donors (Lipinski definition) is 4. The number of hydrogen-bond acceptors (Lipinski definition) is 7. The van der Waals surface area contributed by atoms with Crippen molar-refractivity contribution in [3.63, 3.8) is 0 Å². The Hall–Kier alpha value is -0.180. The zero-order valence-electron chi connectivity index (χ0n) is 8.81. The van der Waals surface area contributed by atoms with Crippen LogP contribution in [-0.2, 0) is 9.53 Å². The van der Waals surface area contributed by atoms with Gasteiger partial charge in [-0.25, -0.2) is 0 Å². The minimum atomic E-state index is -1.42. The summed E-state index contributed by atoms with van der Waals surface area (Å²) >= 11 is 0.760. The average Bonchev–Trinajstić information content (AvgIpc) is 2.29. The van der Waals surface area contributed by atoms with Gasteiger partial charge in [0.1, 0.15) is 29.9 Å². The van der Waals surface area contributed by atoms with Crippen LogP contribution in [0.4, 0.5) is 0 Å². The largest absolute Gasteiger partial charge is 0.394 e. The third-order valence-electron chi connectivity index (χ3n) is 2.38. The van der Waals surface area contributed by atoms with Gasteiger partial charge in [0.2, 0.25) is 0 Å². The number of carbonyl (C=O) groups excluding carboxylic acids is 1. The fourth-order valence-corrected chi connectivity index (χ4v) is 2.30. The molecule has 1 aliphatic rings. The predicted molar refractivity (Wildman–Crippen MR) is 56.7 cm³/mol. The van der Waals surface area contributed by atoms with Gasteiger partial charge in [0.05, 0.1) is 6.61 Å². The molecular weight excluding hydrogens is 236 g/mol.